The Hall–Kier alpha value is -1.78. The molecule has 0 N–H and O–H groups in total. The normalized spacial score (nSPS) is 12.0. The predicted octanol–water partition coefficient (Wildman–Crippen LogP) is 2.64. The van der Waals surface area contributed by atoms with E-state index in [1.165, 1.54) is 12.1 Å². The predicted molar refractivity (Wildman–Crippen MR) is 50.9 cm³/mol. The van der Waals surface area contributed by atoms with E-state index in [0.29, 0.717) is 6.07 Å². The lowest BCUT2D eigenvalue weighted by molar-refractivity contribution is -0.266. The molecule has 1 aromatic carbocycles. The summed E-state index contributed by atoms with van der Waals surface area (Å²) in [5.41, 5.74) is -0.259. The number of aryl methyl sites for hydroxylation is 1. The molecule has 5 heteroatoms. The molecule has 0 unspecified atom stereocenters. The first-order chi connectivity index (χ1) is 7.38. The van der Waals surface area contributed by atoms with Gasteiger partial charge in [-0.1, -0.05) is 23.4 Å². The van der Waals surface area contributed by atoms with Gasteiger partial charge in [0.1, 0.15) is 5.69 Å². The topological polar surface area (TPSA) is 36.0 Å². The van der Waals surface area contributed by atoms with Crippen molar-refractivity contribution in [1.29, 1.82) is 0 Å². The number of alkyl halides is 3. The summed E-state index contributed by atoms with van der Waals surface area (Å²) in [5, 5.41) is 11.7. The number of halogens is 3. The Balaban J connectivity index is 2.74. The van der Waals surface area contributed by atoms with Gasteiger partial charge in [-0.05, 0) is 24.4 Å². The molecule has 0 fully saturated rings. The highest BCUT2D eigenvalue weighted by Gasteiger charge is 2.32. The molecule has 0 saturated heterocycles. The minimum atomic E-state index is -4.59. The number of hydrogen-bond donors (Lipinski definition) is 0. The van der Waals surface area contributed by atoms with Crippen LogP contribution in [0.1, 0.15) is 11.3 Å². The largest absolute Gasteiger partial charge is 0.872 e. The van der Waals surface area contributed by atoms with Crippen molar-refractivity contribution in [2.45, 2.75) is 13.1 Å². The van der Waals surface area contributed by atoms with Gasteiger partial charge in [0.2, 0.25) is 0 Å². The van der Waals surface area contributed by atoms with Crippen molar-refractivity contribution in [3.05, 3.63) is 35.5 Å². The molecule has 0 saturated carbocycles. The monoisotopic (exact) mass is 226 g/mol. The smallest absolute Gasteiger partial charge is 0.433 e. The summed E-state index contributed by atoms with van der Waals surface area (Å²) in [7, 11) is 0. The standard InChI is InChI=1S/C11H8F3NO/c1-6-2-3-8-7(4-6)9(16)5-10(15-8)11(12,13)14/h2-5H,1H3,(H,15,16)/p-1. The highest BCUT2D eigenvalue weighted by molar-refractivity contribution is 5.85. The van der Waals surface area contributed by atoms with Crippen molar-refractivity contribution in [3.8, 4) is 5.75 Å². The van der Waals surface area contributed by atoms with Crippen molar-refractivity contribution in [2.24, 2.45) is 0 Å². The molecule has 0 bridgehead atoms. The Labute approximate surface area is 89.4 Å². The van der Waals surface area contributed by atoms with Crippen LogP contribution in [-0.2, 0) is 6.18 Å². The van der Waals surface area contributed by atoms with Crippen LogP contribution in [0, 0.1) is 6.92 Å². The van der Waals surface area contributed by atoms with E-state index < -0.39 is 17.6 Å². The lowest BCUT2D eigenvalue weighted by Crippen LogP contribution is -2.09. The number of aromatic nitrogens is 1. The van der Waals surface area contributed by atoms with Gasteiger partial charge in [-0.25, -0.2) is 4.98 Å². The summed E-state index contributed by atoms with van der Waals surface area (Å²) < 4.78 is 37.1. The van der Waals surface area contributed by atoms with Crippen LogP contribution < -0.4 is 5.11 Å². The SMILES string of the molecule is Cc1ccc2nc(C(F)(F)F)cc([O-])c2c1. The van der Waals surface area contributed by atoms with Crippen molar-refractivity contribution >= 4 is 10.9 Å². The average molecular weight is 226 g/mol. The van der Waals surface area contributed by atoms with E-state index in [0.717, 1.165) is 5.56 Å². The van der Waals surface area contributed by atoms with Crippen LogP contribution in [0.15, 0.2) is 24.3 Å². The summed E-state index contributed by atoms with van der Waals surface area (Å²) in [4.78, 5) is 3.42. The molecule has 2 rings (SSSR count). The van der Waals surface area contributed by atoms with Crippen LogP contribution >= 0.6 is 0 Å². The molecule has 0 spiro atoms. The number of nitrogens with zero attached hydrogens (tertiary/aromatic N) is 1. The van der Waals surface area contributed by atoms with E-state index in [2.05, 4.69) is 4.98 Å². The lowest BCUT2D eigenvalue weighted by Gasteiger charge is -2.14. The number of pyridine rings is 1. The Morgan fingerprint density at radius 3 is 2.50 bits per heavy atom. The molecule has 0 radical (unpaired) electrons. The Morgan fingerprint density at radius 2 is 1.88 bits per heavy atom. The van der Waals surface area contributed by atoms with E-state index in [4.69, 9.17) is 0 Å². The highest BCUT2D eigenvalue weighted by atomic mass is 19.4. The van der Waals surface area contributed by atoms with Crippen molar-refractivity contribution in [1.82, 2.24) is 4.98 Å². The Kier molecular flexibility index (Phi) is 2.26. The molecule has 0 aliphatic rings. The number of rotatable bonds is 0. The Bertz CT molecular complexity index is 549. The summed E-state index contributed by atoms with van der Waals surface area (Å²) in [5.74, 6) is -0.652. The second kappa shape index (κ2) is 3.37. The summed E-state index contributed by atoms with van der Waals surface area (Å²) in [6, 6.07) is 5.10. The number of fused-ring (bicyclic) bond motifs is 1. The molecule has 2 aromatic rings. The number of benzene rings is 1. The van der Waals surface area contributed by atoms with Gasteiger partial charge in [-0.2, -0.15) is 13.2 Å². The van der Waals surface area contributed by atoms with E-state index in [-0.39, 0.29) is 10.9 Å². The molecule has 1 heterocycles. The van der Waals surface area contributed by atoms with Gasteiger partial charge >= 0.3 is 6.18 Å². The molecule has 16 heavy (non-hydrogen) atoms. The first-order valence-electron chi connectivity index (χ1n) is 4.53. The molecule has 84 valence electrons. The zero-order valence-electron chi connectivity index (χ0n) is 8.30. The maximum absolute atomic E-state index is 12.4. The molecule has 0 aliphatic heterocycles. The first kappa shape index (κ1) is 10.7. The van der Waals surface area contributed by atoms with Gasteiger partial charge in [-0.3, -0.25) is 0 Å². The van der Waals surface area contributed by atoms with Crippen LogP contribution in [0.2, 0.25) is 0 Å². The fourth-order valence-corrected chi connectivity index (χ4v) is 1.45. The quantitative estimate of drug-likeness (QED) is 0.692. The third-order valence-electron chi connectivity index (χ3n) is 2.22. The summed E-state index contributed by atoms with van der Waals surface area (Å²) in [6.45, 7) is 1.76. The van der Waals surface area contributed by atoms with E-state index in [9.17, 15) is 18.3 Å². The van der Waals surface area contributed by atoms with Crippen LogP contribution in [0.25, 0.3) is 10.9 Å². The maximum Gasteiger partial charge on any atom is 0.433 e. The van der Waals surface area contributed by atoms with Gasteiger partial charge in [0.05, 0.1) is 5.52 Å². The van der Waals surface area contributed by atoms with Crippen molar-refractivity contribution in [3.63, 3.8) is 0 Å². The van der Waals surface area contributed by atoms with Gasteiger partial charge in [0.15, 0.2) is 0 Å². The van der Waals surface area contributed by atoms with Crippen molar-refractivity contribution in [2.75, 3.05) is 0 Å². The second-order valence-electron chi connectivity index (χ2n) is 3.52. The first-order valence-corrected chi connectivity index (χ1v) is 4.53. The zero-order chi connectivity index (χ0) is 11.9. The van der Waals surface area contributed by atoms with Gasteiger partial charge in [0.25, 0.3) is 0 Å². The molecular weight excluding hydrogens is 219 g/mol. The van der Waals surface area contributed by atoms with Crippen LogP contribution in [0.5, 0.6) is 5.75 Å². The lowest BCUT2D eigenvalue weighted by atomic mass is 10.1. The van der Waals surface area contributed by atoms with E-state index in [1.54, 1.807) is 13.0 Å². The van der Waals surface area contributed by atoms with Crippen LogP contribution in [0.4, 0.5) is 13.2 Å². The van der Waals surface area contributed by atoms with Crippen molar-refractivity contribution < 1.29 is 18.3 Å². The third-order valence-corrected chi connectivity index (χ3v) is 2.22. The summed E-state index contributed by atoms with van der Waals surface area (Å²) in [6.07, 6.45) is -4.59. The maximum atomic E-state index is 12.4. The average Bonchev–Trinajstić information content (AvgIpc) is 2.17. The molecule has 0 atom stereocenters. The molecule has 1 aromatic heterocycles. The molecular formula is C11H7F3NO-. The highest BCUT2D eigenvalue weighted by Crippen LogP contribution is 2.32. The Morgan fingerprint density at radius 1 is 1.19 bits per heavy atom. The second-order valence-corrected chi connectivity index (χ2v) is 3.52. The van der Waals surface area contributed by atoms with Gasteiger partial charge in [-0.15, -0.1) is 0 Å². The zero-order valence-corrected chi connectivity index (χ0v) is 8.30. The molecule has 0 aliphatic carbocycles. The van der Waals surface area contributed by atoms with Crippen LogP contribution in [-0.4, -0.2) is 4.98 Å². The summed E-state index contributed by atoms with van der Waals surface area (Å²) >= 11 is 0. The van der Waals surface area contributed by atoms with E-state index >= 15 is 0 Å². The van der Waals surface area contributed by atoms with Gasteiger partial charge < -0.3 is 5.11 Å². The molecule has 2 nitrogen and oxygen atoms in total. The number of hydrogen-bond acceptors (Lipinski definition) is 2. The minimum Gasteiger partial charge on any atom is -0.872 e. The minimum absolute atomic E-state index is 0.0745. The fourth-order valence-electron chi connectivity index (χ4n) is 1.45. The van der Waals surface area contributed by atoms with Crippen LogP contribution in [0.3, 0.4) is 0 Å². The van der Waals surface area contributed by atoms with Gasteiger partial charge in [0, 0.05) is 0 Å². The fraction of sp³-hybridized carbons (Fsp3) is 0.182. The third kappa shape index (κ3) is 1.80. The molecule has 0 amide bonds. The van der Waals surface area contributed by atoms with E-state index in [1.807, 2.05) is 0 Å².